The Balaban J connectivity index is 1.95. The maximum Gasteiger partial charge on any atom is 0.0636 e. The van der Waals surface area contributed by atoms with Gasteiger partial charge in [-0.15, -0.1) is 0 Å². The molecule has 0 radical (unpaired) electrons. The summed E-state index contributed by atoms with van der Waals surface area (Å²) < 4.78 is 0. The van der Waals surface area contributed by atoms with Gasteiger partial charge in [-0.25, -0.2) is 0 Å². The van der Waals surface area contributed by atoms with E-state index in [4.69, 9.17) is 5.21 Å². The number of hydrogen-bond donors (Lipinski definition) is 1. The first-order valence-electron chi connectivity index (χ1n) is 7.51. The smallest absolute Gasteiger partial charge is 0.0636 e. The van der Waals surface area contributed by atoms with Gasteiger partial charge in [0.2, 0.25) is 0 Å². The van der Waals surface area contributed by atoms with Crippen LogP contribution in [0.25, 0.3) is 6.08 Å². The van der Waals surface area contributed by atoms with E-state index in [1.165, 1.54) is 18.4 Å². The fourth-order valence-corrected chi connectivity index (χ4v) is 2.67. The van der Waals surface area contributed by atoms with Crippen LogP contribution in [0.2, 0.25) is 0 Å². The second kappa shape index (κ2) is 7.73. The molecule has 1 saturated heterocycles. The lowest BCUT2D eigenvalue weighted by atomic mass is 9.91. The quantitative estimate of drug-likeness (QED) is 0.649. The summed E-state index contributed by atoms with van der Waals surface area (Å²) in [6.07, 6.45) is 8.69. The molecule has 108 valence electrons. The first-order chi connectivity index (χ1) is 9.83. The lowest BCUT2D eigenvalue weighted by molar-refractivity contribution is 0.279. The van der Waals surface area contributed by atoms with E-state index in [2.05, 4.69) is 53.5 Å². The Hall–Kier alpha value is -1.77. The normalized spacial score (nSPS) is 21.8. The van der Waals surface area contributed by atoms with Crippen molar-refractivity contribution in [2.75, 3.05) is 13.1 Å². The van der Waals surface area contributed by atoms with Crippen molar-refractivity contribution < 1.29 is 5.21 Å². The Kier molecular flexibility index (Phi) is 5.66. The van der Waals surface area contributed by atoms with Gasteiger partial charge in [-0.2, -0.15) is 0 Å². The third-order valence-electron chi connectivity index (χ3n) is 3.89. The van der Waals surface area contributed by atoms with Gasteiger partial charge < -0.3 is 10.1 Å². The highest BCUT2D eigenvalue weighted by molar-refractivity contribution is 5.87. The highest BCUT2D eigenvalue weighted by Gasteiger charge is 2.23. The van der Waals surface area contributed by atoms with Gasteiger partial charge >= 0.3 is 0 Å². The Labute approximate surface area is 121 Å². The number of unbranched alkanes of at least 4 members (excludes halogenated alkanes) is 1. The predicted molar refractivity (Wildman–Crippen MR) is 83.9 cm³/mol. The molecule has 1 fully saturated rings. The summed E-state index contributed by atoms with van der Waals surface area (Å²) >= 11 is 0. The maximum atomic E-state index is 9.11. The molecule has 0 spiro atoms. The van der Waals surface area contributed by atoms with E-state index in [0.717, 1.165) is 31.6 Å². The topological polar surface area (TPSA) is 35.8 Å². The molecule has 3 heteroatoms. The summed E-state index contributed by atoms with van der Waals surface area (Å²) in [7, 11) is 0. The van der Waals surface area contributed by atoms with Crippen molar-refractivity contribution in [1.29, 1.82) is 0 Å². The molecule has 1 N–H and O–H groups in total. The number of likely N-dealkylation sites (tertiary alicyclic amines) is 1. The van der Waals surface area contributed by atoms with Crippen LogP contribution in [-0.4, -0.2) is 28.9 Å². The van der Waals surface area contributed by atoms with Crippen molar-refractivity contribution in [3.63, 3.8) is 0 Å². The number of benzene rings is 1. The van der Waals surface area contributed by atoms with Gasteiger partial charge in [0, 0.05) is 25.4 Å². The van der Waals surface area contributed by atoms with Crippen molar-refractivity contribution in [3.05, 3.63) is 42.1 Å². The molecule has 1 atom stereocenters. The van der Waals surface area contributed by atoms with Crippen molar-refractivity contribution in [3.8, 4) is 0 Å². The number of hydrogen-bond acceptors (Lipinski definition) is 3. The second-order valence-corrected chi connectivity index (χ2v) is 5.40. The van der Waals surface area contributed by atoms with Gasteiger partial charge in [0.1, 0.15) is 0 Å². The SMILES string of the molecule is CCCCC1CN(C=Cc2ccccc2)CCC1=NO. The highest BCUT2D eigenvalue weighted by Crippen LogP contribution is 2.20. The molecule has 3 nitrogen and oxygen atoms in total. The van der Waals surface area contributed by atoms with Crippen LogP contribution < -0.4 is 0 Å². The van der Waals surface area contributed by atoms with Crippen LogP contribution in [0.5, 0.6) is 0 Å². The summed E-state index contributed by atoms with van der Waals surface area (Å²) in [6, 6.07) is 10.3. The maximum absolute atomic E-state index is 9.11. The minimum Gasteiger partial charge on any atom is -0.411 e. The van der Waals surface area contributed by atoms with Crippen molar-refractivity contribution in [2.24, 2.45) is 11.1 Å². The van der Waals surface area contributed by atoms with Gasteiger partial charge in [-0.3, -0.25) is 0 Å². The summed E-state index contributed by atoms with van der Waals surface area (Å²) in [5.41, 5.74) is 2.20. The molecule has 1 aliphatic rings. The Morgan fingerprint density at radius 3 is 2.85 bits per heavy atom. The molecule has 0 bridgehead atoms. The molecule has 0 aliphatic carbocycles. The van der Waals surface area contributed by atoms with E-state index in [9.17, 15) is 0 Å². The van der Waals surface area contributed by atoms with E-state index in [0.29, 0.717) is 5.92 Å². The summed E-state index contributed by atoms with van der Waals surface area (Å²) in [6.45, 7) is 4.10. The molecule has 0 amide bonds. The molecule has 2 rings (SSSR count). The number of nitrogens with zero attached hydrogens (tertiary/aromatic N) is 2. The minimum atomic E-state index is 0.397. The zero-order chi connectivity index (χ0) is 14.2. The third-order valence-corrected chi connectivity index (χ3v) is 3.89. The lowest BCUT2D eigenvalue weighted by Gasteiger charge is -2.32. The van der Waals surface area contributed by atoms with Gasteiger partial charge in [-0.05, 0) is 24.3 Å². The van der Waals surface area contributed by atoms with Crippen LogP contribution in [0.4, 0.5) is 0 Å². The minimum absolute atomic E-state index is 0.397. The van der Waals surface area contributed by atoms with Crippen molar-refractivity contribution >= 4 is 11.8 Å². The lowest BCUT2D eigenvalue weighted by Crippen LogP contribution is -2.37. The van der Waals surface area contributed by atoms with Gasteiger partial charge in [0.25, 0.3) is 0 Å². The number of piperidine rings is 1. The molecule has 1 aliphatic heterocycles. The summed E-state index contributed by atoms with van der Waals surface area (Å²) in [5, 5.41) is 12.6. The number of oxime groups is 1. The largest absolute Gasteiger partial charge is 0.411 e. The van der Waals surface area contributed by atoms with Gasteiger partial charge in [-0.1, -0.05) is 55.3 Å². The molecule has 0 aromatic heterocycles. The van der Waals surface area contributed by atoms with Gasteiger partial charge in [0.15, 0.2) is 0 Å². The van der Waals surface area contributed by atoms with Crippen LogP contribution in [-0.2, 0) is 0 Å². The molecule has 1 heterocycles. The molecule has 1 aromatic carbocycles. The van der Waals surface area contributed by atoms with Crippen molar-refractivity contribution in [1.82, 2.24) is 4.90 Å². The zero-order valence-electron chi connectivity index (χ0n) is 12.2. The average Bonchev–Trinajstić information content (AvgIpc) is 2.52. The molecular formula is C17H24N2O. The molecule has 1 unspecified atom stereocenters. The van der Waals surface area contributed by atoms with Crippen molar-refractivity contribution in [2.45, 2.75) is 32.6 Å². The summed E-state index contributed by atoms with van der Waals surface area (Å²) in [5.74, 6) is 0.397. The third kappa shape index (κ3) is 4.12. The standard InChI is InChI=1S/C17H24N2O/c1-2-3-9-16-14-19(13-11-17(16)18-20)12-10-15-7-5-4-6-8-15/h4-8,10,12,16,20H,2-3,9,11,13-14H2,1H3. The van der Waals surface area contributed by atoms with Crippen LogP contribution in [0.3, 0.4) is 0 Å². The molecule has 1 aromatic rings. The zero-order valence-corrected chi connectivity index (χ0v) is 12.2. The molecular weight excluding hydrogens is 248 g/mol. The molecule has 0 saturated carbocycles. The Bertz CT molecular complexity index is 453. The predicted octanol–water partition coefficient (Wildman–Crippen LogP) is 4.00. The first-order valence-corrected chi connectivity index (χ1v) is 7.51. The number of rotatable bonds is 5. The van der Waals surface area contributed by atoms with Crippen LogP contribution in [0.15, 0.2) is 41.7 Å². The van der Waals surface area contributed by atoms with E-state index in [-0.39, 0.29) is 0 Å². The first kappa shape index (κ1) is 14.6. The summed E-state index contributed by atoms with van der Waals surface area (Å²) in [4.78, 5) is 2.34. The fourth-order valence-electron chi connectivity index (χ4n) is 2.67. The Morgan fingerprint density at radius 2 is 2.15 bits per heavy atom. The van der Waals surface area contributed by atoms with E-state index < -0.39 is 0 Å². The fraction of sp³-hybridized carbons (Fsp3) is 0.471. The van der Waals surface area contributed by atoms with E-state index in [1.54, 1.807) is 0 Å². The van der Waals surface area contributed by atoms with Crippen LogP contribution in [0.1, 0.15) is 38.2 Å². The monoisotopic (exact) mass is 272 g/mol. The van der Waals surface area contributed by atoms with Gasteiger partial charge in [0.05, 0.1) is 5.71 Å². The van der Waals surface area contributed by atoms with Crippen LogP contribution in [0, 0.1) is 5.92 Å². The molecule has 20 heavy (non-hydrogen) atoms. The van der Waals surface area contributed by atoms with Crippen LogP contribution >= 0.6 is 0 Å². The highest BCUT2D eigenvalue weighted by atomic mass is 16.4. The van der Waals surface area contributed by atoms with E-state index >= 15 is 0 Å². The van der Waals surface area contributed by atoms with E-state index in [1.807, 2.05) is 6.07 Å². The second-order valence-electron chi connectivity index (χ2n) is 5.40. The Morgan fingerprint density at radius 1 is 1.35 bits per heavy atom. The average molecular weight is 272 g/mol.